The fourth-order valence-electron chi connectivity index (χ4n) is 2.72. The van der Waals surface area contributed by atoms with Crippen LogP contribution >= 0.6 is 11.3 Å². The maximum atomic E-state index is 9.71. The predicted molar refractivity (Wildman–Crippen MR) is 100 cm³/mol. The average Bonchev–Trinajstić information content (AvgIpc) is 3.32. The molecule has 8 heteroatoms. The van der Waals surface area contributed by atoms with E-state index < -0.39 is 0 Å². The standard InChI is InChI=1S/C18H17N5O2S/c24-10-14(9-12-1-3-15(25)4-2-12)19-16-5-6-17-20-21-18(23(17)22-16)13-7-8-26-11-13/h1-8,11,14,24-25H,9-10H2,(H,19,22)/t14-/m0/s1. The van der Waals surface area contributed by atoms with Crippen LogP contribution in [0.15, 0.2) is 53.2 Å². The Hall–Kier alpha value is -2.97. The molecule has 0 aliphatic carbocycles. The maximum Gasteiger partial charge on any atom is 0.186 e. The summed E-state index contributed by atoms with van der Waals surface area (Å²) in [6, 6.07) is 12.4. The van der Waals surface area contributed by atoms with Gasteiger partial charge in [-0.25, -0.2) is 0 Å². The third-order valence-corrected chi connectivity index (χ3v) is 4.72. The number of nitrogens with zero attached hydrogens (tertiary/aromatic N) is 4. The number of hydrogen-bond acceptors (Lipinski definition) is 7. The van der Waals surface area contributed by atoms with Crippen molar-refractivity contribution in [1.29, 1.82) is 0 Å². The van der Waals surface area contributed by atoms with Crippen molar-refractivity contribution in [3.8, 4) is 17.1 Å². The van der Waals surface area contributed by atoms with Crippen LogP contribution in [-0.4, -0.2) is 42.7 Å². The summed E-state index contributed by atoms with van der Waals surface area (Å²) in [5.41, 5.74) is 2.64. The van der Waals surface area contributed by atoms with Crippen LogP contribution in [0.5, 0.6) is 5.75 Å². The van der Waals surface area contributed by atoms with Crippen molar-refractivity contribution in [3.05, 3.63) is 58.8 Å². The second-order valence-corrected chi connectivity index (χ2v) is 6.70. The number of fused-ring (bicyclic) bond motifs is 1. The van der Waals surface area contributed by atoms with E-state index in [-0.39, 0.29) is 18.4 Å². The Balaban J connectivity index is 1.57. The summed E-state index contributed by atoms with van der Waals surface area (Å²) in [7, 11) is 0. The first-order valence-corrected chi connectivity index (χ1v) is 9.07. The molecule has 0 saturated heterocycles. The van der Waals surface area contributed by atoms with Crippen LogP contribution in [0.1, 0.15) is 5.56 Å². The first kappa shape index (κ1) is 16.5. The van der Waals surface area contributed by atoms with Gasteiger partial charge in [0.15, 0.2) is 11.5 Å². The van der Waals surface area contributed by atoms with E-state index in [0.717, 1.165) is 11.1 Å². The number of phenols is 1. The van der Waals surface area contributed by atoms with Crippen molar-refractivity contribution in [2.24, 2.45) is 0 Å². The molecule has 0 fully saturated rings. The summed E-state index contributed by atoms with van der Waals surface area (Å²) < 4.78 is 1.69. The Morgan fingerprint density at radius 3 is 2.65 bits per heavy atom. The fourth-order valence-corrected chi connectivity index (χ4v) is 3.36. The lowest BCUT2D eigenvalue weighted by Gasteiger charge is -2.17. The highest BCUT2D eigenvalue weighted by Gasteiger charge is 2.13. The fraction of sp³-hybridized carbons (Fsp3) is 0.167. The van der Waals surface area contributed by atoms with E-state index in [1.54, 1.807) is 28.0 Å². The molecule has 4 aromatic rings. The molecule has 0 unspecified atom stereocenters. The van der Waals surface area contributed by atoms with E-state index in [9.17, 15) is 10.2 Å². The number of aliphatic hydroxyl groups excluding tert-OH is 1. The van der Waals surface area contributed by atoms with E-state index in [2.05, 4.69) is 20.6 Å². The molecule has 3 heterocycles. The summed E-state index contributed by atoms with van der Waals surface area (Å²) in [6.07, 6.45) is 0.607. The van der Waals surface area contributed by atoms with Gasteiger partial charge < -0.3 is 15.5 Å². The number of nitrogens with one attached hydrogen (secondary N) is 1. The number of phenolic OH excluding ortho intramolecular Hbond substituents is 1. The van der Waals surface area contributed by atoms with Crippen molar-refractivity contribution in [2.75, 3.05) is 11.9 Å². The quantitative estimate of drug-likeness (QED) is 0.485. The molecule has 0 bridgehead atoms. The molecule has 0 saturated carbocycles. The van der Waals surface area contributed by atoms with Gasteiger partial charge in [0.1, 0.15) is 11.6 Å². The van der Waals surface area contributed by atoms with Gasteiger partial charge in [0.25, 0.3) is 0 Å². The summed E-state index contributed by atoms with van der Waals surface area (Å²) in [6.45, 7) is -0.0415. The van der Waals surface area contributed by atoms with E-state index >= 15 is 0 Å². The Morgan fingerprint density at radius 1 is 1.08 bits per heavy atom. The van der Waals surface area contributed by atoms with Crippen LogP contribution in [0, 0.1) is 0 Å². The second-order valence-electron chi connectivity index (χ2n) is 5.92. The van der Waals surface area contributed by atoms with E-state index in [0.29, 0.717) is 23.7 Å². The van der Waals surface area contributed by atoms with Gasteiger partial charge in [0, 0.05) is 10.9 Å². The molecule has 26 heavy (non-hydrogen) atoms. The van der Waals surface area contributed by atoms with Crippen LogP contribution < -0.4 is 5.32 Å². The molecule has 0 radical (unpaired) electrons. The van der Waals surface area contributed by atoms with Crippen molar-refractivity contribution < 1.29 is 10.2 Å². The molecule has 1 aromatic carbocycles. The highest BCUT2D eigenvalue weighted by Crippen LogP contribution is 2.21. The summed E-state index contributed by atoms with van der Waals surface area (Å²) in [5.74, 6) is 1.54. The molecule has 0 amide bonds. The minimum absolute atomic E-state index is 0.0415. The number of hydrogen-bond donors (Lipinski definition) is 3. The number of benzene rings is 1. The Bertz CT molecular complexity index is 998. The summed E-state index contributed by atoms with van der Waals surface area (Å²) in [5, 5.41) is 39.2. The van der Waals surface area contributed by atoms with Gasteiger partial charge in [0.2, 0.25) is 0 Å². The van der Waals surface area contributed by atoms with Gasteiger partial charge in [-0.3, -0.25) is 0 Å². The molecule has 3 aromatic heterocycles. The molecule has 7 nitrogen and oxygen atoms in total. The first-order chi connectivity index (χ1) is 12.7. The zero-order valence-electron chi connectivity index (χ0n) is 13.8. The van der Waals surface area contributed by atoms with Crippen LogP contribution in [0.3, 0.4) is 0 Å². The van der Waals surface area contributed by atoms with Crippen molar-refractivity contribution in [2.45, 2.75) is 12.5 Å². The average molecular weight is 367 g/mol. The first-order valence-electron chi connectivity index (χ1n) is 8.13. The highest BCUT2D eigenvalue weighted by molar-refractivity contribution is 7.08. The van der Waals surface area contributed by atoms with Crippen LogP contribution in [0.25, 0.3) is 17.0 Å². The number of thiophene rings is 1. The molecule has 1 atom stereocenters. The van der Waals surface area contributed by atoms with Crippen molar-refractivity contribution in [3.63, 3.8) is 0 Å². The normalized spacial score (nSPS) is 12.3. The molecule has 132 valence electrons. The van der Waals surface area contributed by atoms with Gasteiger partial charge in [0.05, 0.1) is 12.6 Å². The molecule has 0 spiro atoms. The molecular formula is C18H17N5O2S. The Kier molecular flexibility index (Phi) is 4.51. The Labute approximate surface area is 153 Å². The monoisotopic (exact) mass is 367 g/mol. The van der Waals surface area contributed by atoms with Gasteiger partial charge >= 0.3 is 0 Å². The van der Waals surface area contributed by atoms with Gasteiger partial charge in [-0.15, -0.1) is 15.3 Å². The zero-order chi connectivity index (χ0) is 17.9. The number of anilines is 1. The largest absolute Gasteiger partial charge is 0.508 e. The second kappa shape index (κ2) is 7.11. The minimum atomic E-state index is -0.203. The zero-order valence-corrected chi connectivity index (χ0v) is 14.6. The lowest BCUT2D eigenvalue weighted by molar-refractivity contribution is 0.273. The number of aromatic hydroxyl groups is 1. The predicted octanol–water partition coefficient (Wildman–Crippen LogP) is 2.57. The third-order valence-electron chi connectivity index (χ3n) is 4.03. The Morgan fingerprint density at radius 2 is 1.92 bits per heavy atom. The van der Waals surface area contributed by atoms with Gasteiger partial charge in [-0.2, -0.15) is 15.9 Å². The van der Waals surface area contributed by atoms with E-state index in [1.165, 1.54) is 0 Å². The topological polar surface area (TPSA) is 95.6 Å². The molecule has 4 rings (SSSR count). The van der Waals surface area contributed by atoms with Crippen LogP contribution in [0.2, 0.25) is 0 Å². The smallest absolute Gasteiger partial charge is 0.186 e. The molecule has 0 aliphatic heterocycles. The SMILES string of the molecule is OC[C@H](Cc1ccc(O)cc1)Nc1ccc2nnc(-c3ccsc3)n2n1. The van der Waals surface area contributed by atoms with Crippen molar-refractivity contribution in [1.82, 2.24) is 19.8 Å². The van der Waals surface area contributed by atoms with Crippen LogP contribution in [-0.2, 0) is 6.42 Å². The molecule has 0 aliphatic rings. The van der Waals surface area contributed by atoms with Gasteiger partial charge in [-0.1, -0.05) is 12.1 Å². The maximum absolute atomic E-state index is 9.71. The van der Waals surface area contributed by atoms with Crippen molar-refractivity contribution >= 4 is 22.8 Å². The lowest BCUT2D eigenvalue weighted by Crippen LogP contribution is -2.27. The highest BCUT2D eigenvalue weighted by atomic mass is 32.1. The number of aliphatic hydroxyl groups is 1. The number of aromatic nitrogens is 4. The van der Waals surface area contributed by atoms with E-state index in [1.807, 2.05) is 41.1 Å². The van der Waals surface area contributed by atoms with E-state index in [4.69, 9.17) is 0 Å². The lowest BCUT2D eigenvalue weighted by atomic mass is 10.1. The van der Waals surface area contributed by atoms with Crippen LogP contribution in [0.4, 0.5) is 5.82 Å². The molecular weight excluding hydrogens is 350 g/mol. The summed E-state index contributed by atoms with van der Waals surface area (Å²) in [4.78, 5) is 0. The molecule has 3 N–H and O–H groups in total. The van der Waals surface area contributed by atoms with Gasteiger partial charge in [-0.05, 0) is 47.7 Å². The summed E-state index contributed by atoms with van der Waals surface area (Å²) >= 11 is 1.59. The minimum Gasteiger partial charge on any atom is -0.508 e. The number of rotatable bonds is 6. The third kappa shape index (κ3) is 3.37.